The molecule has 0 amide bonds. The first-order valence-corrected chi connectivity index (χ1v) is 10.2. The summed E-state index contributed by atoms with van der Waals surface area (Å²) >= 11 is 0. The Bertz CT molecular complexity index is 663. The van der Waals surface area contributed by atoms with Crippen LogP contribution in [-0.2, 0) is 17.8 Å². The second-order valence-electron chi connectivity index (χ2n) is 7.34. The van der Waals surface area contributed by atoms with Crippen molar-refractivity contribution >= 4 is 6.08 Å². The van der Waals surface area contributed by atoms with Crippen LogP contribution in [0.15, 0.2) is 49.6 Å². The normalized spacial score (nSPS) is 13.4. The minimum absolute atomic E-state index is 0.393. The molecule has 0 radical (unpaired) electrons. The lowest BCUT2D eigenvalue weighted by molar-refractivity contribution is -0.687. The van der Waals surface area contributed by atoms with E-state index in [1.54, 1.807) is 0 Å². The zero-order valence-corrected chi connectivity index (χ0v) is 16.9. The van der Waals surface area contributed by atoms with Crippen LogP contribution < -0.4 is 4.57 Å². The van der Waals surface area contributed by atoms with Crippen LogP contribution in [0.25, 0.3) is 6.08 Å². The molecule has 0 aliphatic heterocycles. The molecule has 2 unspecified atom stereocenters. The lowest BCUT2D eigenvalue weighted by atomic mass is 10.0. The molecule has 0 aliphatic rings. The Balaban J connectivity index is 1.74. The number of hydrogen-bond donors (Lipinski definition) is 1. The molecule has 0 spiro atoms. The number of nitrogens with zero attached hydrogens (tertiary/aromatic N) is 2. The Morgan fingerprint density at radius 2 is 2.00 bits per heavy atom. The molecule has 0 bridgehead atoms. The van der Waals surface area contributed by atoms with E-state index in [9.17, 15) is 5.11 Å². The third-order valence-corrected chi connectivity index (χ3v) is 4.96. The number of rotatable bonds is 13. The van der Waals surface area contributed by atoms with Crippen molar-refractivity contribution in [2.24, 2.45) is 5.92 Å². The maximum atomic E-state index is 10.3. The summed E-state index contributed by atoms with van der Waals surface area (Å²) in [5, 5.41) is 10.3. The van der Waals surface area contributed by atoms with Crippen molar-refractivity contribution in [2.75, 3.05) is 13.2 Å². The molecule has 1 aromatic carbocycles. The first-order chi connectivity index (χ1) is 13.1. The highest BCUT2D eigenvalue weighted by atomic mass is 16.5. The second-order valence-corrected chi connectivity index (χ2v) is 7.34. The van der Waals surface area contributed by atoms with Crippen molar-refractivity contribution in [2.45, 2.75) is 58.7 Å². The largest absolute Gasteiger partial charge is 0.387 e. The summed E-state index contributed by atoms with van der Waals surface area (Å²) in [6, 6.07) is 8.38. The summed E-state index contributed by atoms with van der Waals surface area (Å²) in [6.07, 6.45) is 12.3. The van der Waals surface area contributed by atoms with Crippen LogP contribution in [0.1, 0.15) is 50.7 Å². The van der Waals surface area contributed by atoms with Crippen molar-refractivity contribution in [3.63, 3.8) is 0 Å². The predicted octanol–water partition coefficient (Wildman–Crippen LogP) is 4.06. The van der Waals surface area contributed by atoms with E-state index in [1.807, 2.05) is 29.4 Å². The van der Waals surface area contributed by atoms with Gasteiger partial charge in [-0.3, -0.25) is 0 Å². The summed E-state index contributed by atoms with van der Waals surface area (Å²) < 4.78 is 9.90. The van der Waals surface area contributed by atoms with Crippen LogP contribution in [0, 0.1) is 5.92 Å². The first-order valence-electron chi connectivity index (χ1n) is 10.2. The van der Waals surface area contributed by atoms with Crippen molar-refractivity contribution in [1.29, 1.82) is 0 Å². The highest BCUT2D eigenvalue weighted by Gasteiger charge is 2.13. The molecule has 1 N–H and O–H groups in total. The van der Waals surface area contributed by atoms with Crippen LogP contribution in [0.2, 0.25) is 0 Å². The summed E-state index contributed by atoms with van der Waals surface area (Å²) in [4.78, 5) is 0. The fourth-order valence-corrected chi connectivity index (χ4v) is 3.18. The highest BCUT2D eigenvalue weighted by Crippen LogP contribution is 2.13. The molecule has 27 heavy (non-hydrogen) atoms. The van der Waals surface area contributed by atoms with Gasteiger partial charge in [-0.2, -0.15) is 0 Å². The van der Waals surface area contributed by atoms with Gasteiger partial charge >= 0.3 is 0 Å². The Morgan fingerprint density at radius 3 is 2.67 bits per heavy atom. The topological polar surface area (TPSA) is 38.3 Å². The van der Waals surface area contributed by atoms with Gasteiger partial charge in [0.2, 0.25) is 6.33 Å². The van der Waals surface area contributed by atoms with Crippen LogP contribution in [0.5, 0.6) is 0 Å². The molecular formula is C23H35N2O2+. The Morgan fingerprint density at radius 1 is 1.22 bits per heavy atom. The number of imidazole rings is 1. The molecule has 4 heteroatoms. The van der Waals surface area contributed by atoms with Crippen molar-refractivity contribution in [3.8, 4) is 0 Å². The van der Waals surface area contributed by atoms with Gasteiger partial charge in [-0.1, -0.05) is 70.0 Å². The maximum absolute atomic E-state index is 10.3. The van der Waals surface area contributed by atoms with E-state index in [0.29, 0.717) is 19.1 Å². The summed E-state index contributed by atoms with van der Waals surface area (Å²) in [7, 11) is 0. The summed E-state index contributed by atoms with van der Waals surface area (Å²) in [5.41, 5.74) is 2.37. The number of aromatic nitrogens is 2. The molecule has 2 rings (SSSR count). The fourth-order valence-electron chi connectivity index (χ4n) is 3.18. The standard InChI is InChI=1S/C23H35N2O2/c1-4-7-8-21(6-3)17-27-18-23(26)16-25-14-13-24(19-25)15-22-11-9-20(5-2)10-12-22/h5,9-14,19,21,23,26H,2,4,6-8,15-18H2,1,3H3/q+1. The van der Waals surface area contributed by atoms with E-state index >= 15 is 0 Å². The van der Waals surface area contributed by atoms with Crippen LogP contribution in [0.4, 0.5) is 0 Å². The van der Waals surface area contributed by atoms with Crippen molar-refractivity contribution in [1.82, 2.24) is 4.57 Å². The van der Waals surface area contributed by atoms with Gasteiger partial charge in [0.15, 0.2) is 0 Å². The Kier molecular flexibility index (Phi) is 9.29. The first kappa shape index (κ1) is 21.4. The molecule has 4 nitrogen and oxygen atoms in total. The van der Waals surface area contributed by atoms with E-state index < -0.39 is 6.10 Å². The number of aliphatic hydroxyl groups is 1. The van der Waals surface area contributed by atoms with E-state index in [2.05, 4.69) is 49.3 Å². The summed E-state index contributed by atoms with van der Waals surface area (Å²) in [6.45, 7) is 10.7. The molecule has 0 saturated heterocycles. The Hall–Kier alpha value is -1.91. The zero-order valence-electron chi connectivity index (χ0n) is 16.9. The van der Waals surface area contributed by atoms with Gasteiger partial charge in [-0.05, 0) is 23.5 Å². The van der Waals surface area contributed by atoms with Gasteiger partial charge < -0.3 is 9.84 Å². The maximum Gasteiger partial charge on any atom is 0.244 e. The molecule has 0 aliphatic carbocycles. The molecule has 1 aromatic heterocycles. The van der Waals surface area contributed by atoms with E-state index in [0.717, 1.165) is 25.1 Å². The average Bonchev–Trinajstić information content (AvgIpc) is 3.11. The third-order valence-electron chi connectivity index (χ3n) is 4.96. The van der Waals surface area contributed by atoms with E-state index in [4.69, 9.17) is 4.74 Å². The molecule has 0 fully saturated rings. The molecule has 0 saturated carbocycles. The Labute approximate surface area is 164 Å². The lowest BCUT2D eigenvalue weighted by Gasteiger charge is -2.16. The quantitative estimate of drug-likeness (QED) is 0.539. The van der Waals surface area contributed by atoms with Crippen molar-refractivity contribution in [3.05, 3.63) is 60.7 Å². The number of ether oxygens (including phenoxy) is 1. The average molecular weight is 372 g/mol. The minimum Gasteiger partial charge on any atom is -0.387 e. The monoisotopic (exact) mass is 371 g/mol. The van der Waals surface area contributed by atoms with Crippen molar-refractivity contribution < 1.29 is 14.4 Å². The van der Waals surface area contributed by atoms with Gasteiger partial charge in [0.1, 0.15) is 31.6 Å². The number of benzene rings is 1. The number of aliphatic hydroxyl groups excluding tert-OH is 1. The number of unbranched alkanes of at least 4 members (excludes halogenated alkanes) is 1. The molecule has 2 aromatic rings. The van der Waals surface area contributed by atoms with Gasteiger partial charge in [0.05, 0.1) is 6.61 Å². The van der Waals surface area contributed by atoms with E-state index in [1.165, 1.54) is 24.8 Å². The highest BCUT2D eigenvalue weighted by molar-refractivity contribution is 5.47. The predicted molar refractivity (Wildman–Crippen MR) is 110 cm³/mol. The van der Waals surface area contributed by atoms with Gasteiger partial charge in [0.25, 0.3) is 0 Å². The SMILES string of the molecule is C=Cc1ccc(C[n+]2ccn(CC(O)COCC(CC)CCCC)c2)cc1. The van der Waals surface area contributed by atoms with Gasteiger partial charge in [-0.15, -0.1) is 0 Å². The minimum atomic E-state index is -0.485. The van der Waals surface area contributed by atoms with Crippen LogP contribution in [-0.4, -0.2) is 29.0 Å². The lowest BCUT2D eigenvalue weighted by Crippen LogP contribution is -2.32. The molecule has 148 valence electrons. The molecule has 1 heterocycles. The van der Waals surface area contributed by atoms with Gasteiger partial charge in [0, 0.05) is 6.61 Å². The molecular weight excluding hydrogens is 336 g/mol. The fraction of sp³-hybridized carbons (Fsp3) is 0.522. The smallest absolute Gasteiger partial charge is 0.244 e. The van der Waals surface area contributed by atoms with Gasteiger partial charge in [-0.25, -0.2) is 9.13 Å². The third kappa shape index (κ3) is 7.69. The van der Waals surface area contributed by atoms with Crippen LogP contribution >= 0.6 is 0 Å². The second kappa shape index (κ2) is 11.7. The van der Waals surface area contributed by atoms with E-state index in [-0.39, 0.29) is 0 Å². The molecule has 2 atom stereocenters. The van der Waals surface area contributed by atoms with Crippen LogP contribution in [0.3, 0.4) is 0 Å². The number of hydrogen-bond acceptors (Lipinski definition) is 2. The zero-order chi connectivity index (χ0) is 19.5. The summed E-state index contributed by atoms with van der Waals surface area (Å²) in [5.74, 6) is 0.610.